The molecule has 1 fully saturated rings. The summed E-state index contributed by atoms with van der Waals surface area (Å²) in [4.78, 5) is 2.29. The molecule has 17 heavy (non-hydrogen) atoms. The van der Waals surface area contributed by atoms with E-state index in [1.165, 1.54) is 4.88 Å². The van der Waals surface area contributed by atoms with Gasteiger partial charge in [-0.25, -0.2) is 0 Å². The predicted molar refractivity (Wildman–Crippen MR) is 66.9 cm³/mol. The number of hydrogen-bond acceptors (Lipinski definition) is 4. The molecule has 0 amide bonds. The highest BCUT2D eigenvalue weighted by atomic mass is 32.1. The molecule has 0 aliphatic carbocycles. The lowest BCUT2D eigenvalue weighted by Crippen LogP contribution is -2.34. The molecule has 3 nitrogen and oxygen atoms in total. The van der Waals surface area contributed by atoms with E-state index in [1.54, 1.807) is 11.3 Å². The highest BCUT2D eigenvalue weighted by Gasteiger charge is 2.41. The first kappa shape index (κ1) is 12.6. The van der Waals surface area contributed by atoms with Gasteiger partial charge in [0.05, 0.1) is 17.6 Å². The molecule has 1 atom stereocenters. The molecule has 1 unspecified atom stereocenters. The van der Waals surface area contributed by atoms with Gasteiger partial charge in [0, 0.05) is 23.0 Å². The van der Waals surface area contributed by atoms with Crippen LogP contribution in [0.3, 0.4) is 0 Å². The van der Waals surface area contributed by atoms with Crippen molar-refractivity contribution in [1.82, 2.24) is 0 Å². The molecule has 0 saturated carbocycles. The first-order valence-electron chi connectivity index (χ1n) is 5.83. The van der Waals surface area contributed by atoms with E-state index in [-0.39, 0.29) is 0 Å². The SMILES string of the molecule is Cc1cc(C(O)C2(C#N)CCOCC2)c(C)s1. The molecule has 0 spiro atoms. The number of rotatable bonds is 2. The molecule has 1 aliphatic heterocycles. The van der Waals surface area contributed by atoms with Crippen molar-refractivity contribution < 1.29 is 9.84 Å². The highest BCUT2D eigenvalue weighted by molar-refractivity contribution is 7.12. The lowest BCUT2D eigenvalue weighted by atomic mass is 9.74. The monoisotopic (exact) mass is 251 g/mol. The maximum absolute atomic E-state index is 10.5. The smallest absolute Gasteiger partial charge is 0.0988 e. The summed E-state index contributed by atoms with van der Waals surface area (Å²) in [5.74, 6) is 0. The van der Waals surface area contributed by atoms with Crippen molar-refractivity contribution in [3.8, 4) is 6.07 Å². The fraction of sp³-hybridized carbons (Fsp3) is 0.615. The molecule has 1 N–H and O–H groups in total. The average molecular weight is 251 g/mol. The van der Waals surface area contributed by atoms with Crippen LogP contribution in [0.15, 0.2) is 6.07 Å². The van der Waals surface area contributed by atoms with Crippen molar-refractivity contribution in [2.45, 2.75) is 32.8 Å². The van der Waals surface area contributed by atoms with Crippen molar-refractivity contribution in [3.63, 3.8) is 0 Å². The van der Waals surface area contributed by atoms with Crippen LogP contribution in [0.4, 0.5) is 0 Å². The second kappa shape index (κ2) is 4.77. The van der Waals surface area contributed by atoms with Crippen LogP contribution in [-0.4, -0.2) is 18.3 Å². The first-order chi connectivity index (χ1) is 8.09. The third kappa shape index (κ3) is 2.23. The maximum Gasteiger partial charge on any atom is 0.0988 e. The third-order valence-corrected chi connectivity index (χ3v) is 4.49. The normalized spacial score (nSPS) is 20.8. The van der Waals surface area contributed by atoms with Gasteiger partial charge in [0.25, 0.3) is 0 Å². The van der Waals surface area contributed by atoms with E-state index in [2.05, 4.69) is 6.07 Å². The molecular formula is C13H17NO2S. The Morgan fingerprint density at radius 1 is 1.47 bits per heavy atom. The standard InChI is InChI=1S/C13H17NO2S/c1-9-7-11(10(2)17-9)12(15)13(8-14)3-5-16-6-4-13/h7,12,15H,3-6H2,1-2H3. The number of hydrogen-bond donors (Lipinski definition) is 1. The number of nitrogens with zero attached hydrogens (tertiary/aromatic N) is 1. The molecule has 1 aromatic heterocycles. The minimum Gasteiger partial charge on any atom is -0.387 e. The zero-order valence-electron chi connectivity index (χ0n) is 10.2. The largest absolute Gasteiger partial charge is 0.387 e. The summed E-state index contributed by atoms with van der Waals surface area (Å²) < 4.78 is 5.29. The molecule has 92 valence electrons. The van der Waals surface area contributed by atoms with Crippen LogP contribution in [0.25, 0.3) is 0 Å². The van der Waals surface area contributed by atoms with Crippen LogP contribution in [-0.2, 0) is 4.74 Å². The van der Waals surface area contributed by atoms with Gasteiger partial charge in [-0.2, -0.15) is 5.26 Å². The summed E-state index contributed by atoms with van der Waals surface area (Å²) in [6.07, 6.45) is 0.527. The molecule has 0 aromatic carbocycles. The van der Waals surface area contributed by atoms with E-state index in [4.69, 9.17) is 4.74 Å². The lowest BCUT2D eigenvalue weighted by molar-refractivity contribution is -0.0310. The fourth-order valence-electron chi connectivity index (χ4n) is 2.40. The van der Waals surface area contributed by atoms with Crippen LogP contribution in [0, 0.1) is 30.6 Å². The molecule has 2 rings (SSSR count). The van der Waals surface area contributed by atoms with E-state index in [0.717, 1.165) is 10.4 Å². The number of aryl methyl sites for hydroxylation is 2. The van der Waals surface area contributed by atoms with Crippen molar-refractivity contribution in [2.75, 3.05) is 13.2 Å². The summed E-state index contributed by atoms with van der Waals surface area (Å²) in [5, 5.41) is 19.9. The summed E-state index contributed by atoms with van der Waals surface area (Å²) in [6, 6.07) is 4.33. The van der Waals surface area contributed by atoms with Crippen molar-refractivity contribution in [1.29, 1.82) is 5.26 Å². The second-order valence-corrected chi connectivity index (χ2v) is 6.11. The fourth-order valence-corrected chi connectivity index (χ4v) is 3.36. The van der Waals surface area contributed by atoms with Crippen LogP contribution < -0.4 is 0 Å². The Morgan fingerprint density at radius 3 is 2.59 bits per heavy atom. The molecular weight excluding hydrogens is 234 g/mol. The Kier molecular flexibility index (Phi) is 3.53. The van der Waals surface area contributed by atoms with Gasteiger partial charge >= 0.3 is 0 Å². The number of ether oxygens (including phenoxy) is 1. The van der Waals surface area contributed by atoms with Gasteiger partial charge in [0.1, 0.15) is 0 Å². The second-order valence-electron chi connectivity index (χ2n) is 4.65. The topological polar surface area (TPSA) is 53.2 Å². The van der Waals surface area contributed by atoms with E-state index in [1.807, 2.05) is 19.9 Å². The van der Waals surface area contributed by atoms with Crippen molar-refractivity contribution >= 4 is 11.3 Å². The van der Waals surface area contributed by atoms with Gasteiger partial charge < -0.3 is 9.84 Å². The number of nitriles is 1. The molecule has 0 radical (unpaired) electrons. The van der Waals surface area contributed by atoms with Gasteiger partial charge in [0.15, 0.2) is 0 Å². The molecule has 1 aliphatic rings. The summed E-state index contributed by atoms with van der Waals surface area (Å²) in [7, 11) is 0. The van der Waals surface area contributed by atoms with Crippen molar-refractivity contribution in [2.24, 2.45) is 5.41 Å². The number of aliphatic hydroxyl groups excluding tert-OH is 1. The van der Waals surface area contributed by atoms with Crippen LogP contribution in [0.5, 0.6) is 0 Å². The summed E-state index contributed by atoms with van der Waals surface area (Å²) in [5.41, 5.74) is 0.243. The molecule has 0 bridgehead atoms. The van der Waals surface area contributed by atoms with Gasteiger partial charge in [-0.15, -0.1) is 11.3 Å². The van der Waals surface area contributed by atoms with E-state index >= 15 is 0 Å². The Labute approximate surface area is 106 Å². The average Bonchev–Trinajstić information content (AvgIpc) is 2.68. The van der Waals surface area contributed by atoms with Gasteiger partial charge in [-0.1, -0.05) is 0 Å². The Morgan fingerprint density at radius 2 is 2.12 bits per heavy atom. The minimum absolute atomic E-state index is 0.562. The molecule has 4 heteroatoms. The zero-order valence-corrected chi connectivity index (χ0v) is 11.0. The number of thiophene rings is 1. The van der Waals surface area contributed by atoms with E-state index in [9.17, 15) is 10.4 Å². The van der Waals surface area contributed by atoms with Gasteiger partial charge in [-0.05, 0) is 38.3 Å². The third-order valence-electron chi connectivity index (χ3n) is 3.51. The van der Waals surface area contributed by atoms with E-state index in [0.29, 0.717) is 26.1 Å². The minimum atomic E-state index is -0.693. The Balaban J connectivity index is 2.32. The van der Waals surface area contributed by atoms with Crippen LogP contribution >= 0.6 is 11.3 Å². The molecule has 1 saturated heterocycles. The zero-order chi connectivity index (χ0) is 12.5. The predicted octanol–water partition coefficient (Wildman–Crippen LogP) is 2.72. The highest BCUT2D eigenvalue weighted by Crippen LogP contribution is 2.44. The van der Waals surface area contributed by atoms with Crippen LogP contribution in [0.1, 0.15) is 34.3 Å². The van der Waals surface area contributed by atoms with Crippen molar-refractivity contribution in [3.05, 3.63) is 21.4 Å². The van der Waals surface area contributed by atoms with Gasteiger partial charge in [-0.3, -0.25) is 0 Å². The molecule has 2 heterocycles. The molecule has 1 aromatic rings. The number of aliphatic hydroxyl groups is 1. The van der Waals surface area contributed by atoms with Crippen LogP contribution in [0.2, 0.25) is 0 Å². The van der Waals surface area contributed by atoms with Gasteiger partial charge in [0.2, 0.25) is 0 Å². The Bertz CT molecular complexity index is 441. The first-order valence-corrected chi connectivity index (χ1v) is 6.65. The lowest BCUT2D eigenvalue weighted by Gasteiger charge is -2.35. The summed E-state index contributed by atoms with van der Waals surface area (Å²) >= 11 is 1.67. The maximum atomic E-state index is 10.5. The quantitative estimate of drug-likeness (QED) is 0.879. The van der Waals surface area contributed by atoms with E-state index < -0.39 is 11.5 Å². The Hall–Kier alpha value is -0.890. The summed E-state index contributed by atoms with van der Waals surface area (Å²) in [6.45, 7) is 5.15.